The van der Waals surface area contributed by atoms with Crippen LogP contribution in [0.5, 0.6) is 5.88 Å². The molecule has 2 aromatic rings. The number of pyridine rings is 1. The largest absolute Gasteiger partial charge is 0.481 e. The molecule has 27 heavy (non-hydrogen) atoms. The van der Waals surface area contributed by atoms with Crippen molar-refractivity contribution in [1.29, 1.82) is 0 Å². The van der Waals surface area contributed by atoms with E-state index in [2.05, 4.69) is 16.4 Å². The summed E-state index contributed by atoms with van der Waals surface area (Å²) in [4.78, 5) is 16.5. The predicted octanol–water partition coefficient (Wildman–Crippen LogP) is 3.73. The molecule has 0 aliphatic heterocycles. The molecular weight excluding hydrogens is 385 g/mol. The van der Waals surface area contributed by atoms with Gasteiger partial charge in [-0.15, -0.1) is 12.4 Å². The number of rotatable bonds is 5. The van der Waals surface area contributed by atoms with Crippen molar-refractivity contribution in [2.24, 2.45) is 5.73 Å². The lowest BCUT2D eigenvalue weighted by Crippen LogP contribution is -2.45. The minimum Gasteiger partial charge on any atom is -0.481 e. The Morgan fingerprint density at radius 1 is 1.33 bits per heavy atom. The van der Waals surface area contributed by atoms with E-state index in [1.807, 2.05) is 18.2 Å². The quantitative estimate of drug-likeness (QED) is 0.788. The summed E-state index contributed by atoms with van der Waals surface area (Å²) in [6.45, 7) is 0.580. The van der Waals surface area contributed by atoms with E-state index in [4.69, 9.17) is 22.1 Å². The second-order valence-corrected chi connectivity index (χ2v) is 7.27. The summed E-state index contributed by atoms with van der Waals surface area (Å²) in [7, 11) is 1.55. The van der Waals surface area contributed by atoms with E-state index < -0.39 is 0 Å². The normalized spacial score (nSPS) is 21.8. The van der Waals surface area contributed by atoms with Crippen LogP contribution in [0.2, 0.25) is 5.02 Å². The number of ether oxygens (including phenoxy) is 1. The lowest BCUT2D eigenvalue weighted by atomic mass is 9.68. The molecule has 7 heteroatoms. The summed E-state index contributed by atoms with van der Waals surface area (Å²) in [6, 6.07) is 11.5. The summed E-state index contributed by atoms with van der Waals surface area (Å²) < 4.78 is 5.02. The third kappa shape index (κ3) is 4.92. The van der Waals surface area contributed by atoms with Crippen LogP contribution in [-0.2, 0) is 5.41 Å². The Morgan fingerprint density at radius 2 is 2.07 bits per heavy atom. The Hall–Kier alpha value is -1.82. The highest BCUT2D eigenvalue weighted by Crippen LogP contribution is 2.39. The highest BCUT2D eigenvalue weighted by molar-refractivity contribution is 6.30. The van der Waals surface area contributed by atoms with Crippen LogP contribution in [0.3, 0.4) is 0 Å². The predicted molar refractivity (Wildman–Crippen MR) is 110 cm³/mol. The fraction of sp³-hybridized carbons (Fsp3) is 0.400. The van der Waals surface area contributed by atoms with Crippen LogP contribution in [0.4, 0.5) is 0 Å². The van der Waals surface area contributed by atoms with E-state index >= 15 is 0 Å². The van der Waals surface area contributed by atoms with Gasteiger partial charge >= 0.3 is 0 Å². The number of halogens is 2. The number of aromatic nitrogens is 1. The van der Waals surface area contributed by atoms with Crippen molar-refractivity contribution in [3.05, 3.63) is 58.7 Å². The van der Waals surface area contributed by atoms with Gasteiger partial charge < -0.3 is 15.8 Å². The third-order valence-corrected chi connectivity index (χ3v) is 5.55. The number of carbonyl (C=O) groups is 1. The van der Waals surface area contributed by atoms with Crippen molar-refractivity contribution in [1.82, 2.24) is 10.3 Å². The maximum atomic E-state index is 12.4. The SMILES string of the molecule is COc1ccc(C(=O)N[C@H]2CC[C@](CN)(c3cccc(Cl)c3)CC2)cn1.Cl. The van der Waals surface area contributed by atoms with Gasteiger partial charge in [-0.25, -0.2) is 4.98 Å². The molecule has 0 unspecified atom stereocenters. The molecule has 1 aromatic heterocycles. The van der Waals surface area contributed by atoms with Gasteiger partial charge in [0, 0.05) is 35.3 Å². The van der Waals surface area contributed by atoms with Crippen LogP contribution in [0.25, 0.3) is 0 Å². The molecule has 1 aliphatic carbocycles. The maximum absolute atomic E-state index is 12.4. The van der Waals surface area contributed by atoms with Crippen molar-refractivity contribution in [2.75, 3.05) is 13.7 Å². The molecule has 0 spiro atoms. The summed E-state index contributed by atoms with van der Waals surface area (Å²) in [6.07, 6.45) is 5.16. The fourth-order valence-electron chi connectivity index (χ4n) is 3.65. The van der Waals surface area contributed by atoms with E-state index in [1.165, 1.54) is 11.8 Å². The second kappa shape index (κ2) is 9.40. The third-order valence-electron chi connectivity index (χ3n) is 5.31. The zero-order valence-electron chi connectivity index (χ0n) is 15.3. The van der Waals surface area contributed by atoms with Gasteiger partial charge in [-0.1, -0.05) is 23.7 Å². The van der Waals surface area contributed by atoms with Crippen molar-refractivity contribution in [3.63, 3.8) is 0 Å². The first kappa shape index (κ1) is 21.5. The number of carbonyl (C=O) groups excluding carboxylic acids is 1. The Kier molecular flexibility index (Phi) is 7.48. The lowest BCUT2D eigenvalue weighted by molar-refractivity contribution is 0.0917. The second-order valence-electron chi connectivity index (χ2n) is 6.83. The summed E-state index contributed by atoms with van der Waals surface area (Å²) >= 11 is 6.16. The molecule has 1 heterocycles. The Bertz CT molecular complexity index is 760. The number of nitrogens with one attached hydrogen (secondary N) is 1. The van der Waals surface area contributed by atoms with Crippen molar-refractivity contribution in [3.8, 4) is 5.88 Å². The molecule has 3 N–H and O–H groups in total. The van der Waals surface area contributed by atoms with Gasteiger partial charge in [0.15, 0.2) is 0 Å². The average Bonchev–Trinajstić information content (AvgIpc) is 2.69. The first-order chi connectivity index (χ1) is 12.6. The van der Waals surface area contributed by atoms with Gasteiger partial charge in [0.2, 0.25) is 5.88 Å². The highest BCUT2D eigenvalue weighted by atomic mass is 35.5. The number of nitrogens with two attached hydrogens (primary N) is 1. The smallest absolute Gasteiger partial charge is 0.253 e. The number of hydrogen-bond donors (Lipinski definition) is 2. The van der Waals surface area contributed by atoms with Crippen LogP contribution >= 0.6 is 24.0 Å². The first-order valence-corrected chi connectivity index (χ1v) is 9.21. The van der Waals surface area contributed by atoms with E-state index in [9.17, 15) is 4.79 Å². The fourth-order valence-corrected chi connectivity index (χ4v) is 3.84. The van der Waals surface area contributed by atoms with Crippen LogP contribution in [-0.4, -0.2) is 30.6 Å². The standard InChI is InChI=1S/C20H24ClN3O2.ClH/c1-26-18-6-5-14(12-23-18)19(25)24-17-7-9-20(13-22,10-8-17)15-3-2-4-16(21)11-15;/h2-6,11-12,17H,7-10,13,22H2,1H3,(H,24,25);1H/t17-,20-;. The van der Waals surface area contributed by atoms with Gasteiger partial charge in [-0.05, 0) is 49.4 Å². The summed E-state index contributed by atoms with van der Waals surface area (Å²) in [5.74, 6) is 0.390. The minimum atomic E-state index is -0.104. The molecule has 5 nitrogen and oxygen atoms in total. The number of benzene rings is 1. The molecule has 1 aliphatic rings. The molecule has 0 saturated heterocycles. The van der Waals surface area contributed by atoms with Gasteiger partial charge in [-0.3, -0.25) is 4.79 Å². The zero-order valence-corrected chi connectivity index (χ0v) is 16.9. The van der Waals surface area contributed by atoms with E-state index in [0.717, 1.165) is 30.7 Å². The summed E-state index contributed by atoms with van der Waals surface area (Å²) in [5, 5.41) is 3.84. The molecule has 1 amide bonds. The average molecular weight is 410 g/mol. The zero-order chi connectivity index (χ0) is 18.6. The number of amides is 1. The van der Waals surface area contributed by atoms with Crippen LogP contribution in [0, 0.1) is 0 Å². The molecule has 1 aromatic carbocycles. The molecule has 3 rings (SSSR count). The molecular formula is C20H25Cl2N3O2. The Balaban J connectivity index is 0.00000261. The highest BCUT2D eigenvalue weighted by Gasteiger charge is 2.36. The van der Waals surface area contributed by atoms with Crippen LogP contribution < -0.4 is 15.8 Å². The minimum absolute atomic E-state index is 0. The van der Waals surface area contributed by atoms with Crippen molar-refractivity contribution >= 4 is 29.9 Å². The first-order valence-electron chi connectivity index (χ1n) is 8.83. The Morgan fingerprint density at radius 3 is 2.63 bits per heavy atom. The van der Waals surface area contributed by atoms with Crippen LogP contribution in [0.1, 0.15) is 41.6 Å². The van der Waals surface area contributed by atoms with E-state index in [0.29, 0.717) is 18.0 Å². The lowest BCUT2D eigenvalue weighted by Gasteiger charge is -2.40. The molecule has 1 fully saturated rings. The van der Waals surface area contributed by atoms with E-state index in [1.54, 1.807) is 19.2 Å². The molecule has 0 bridgehead atoms. The molecule has 1 saturated carbocycles. The molecule has 146 valence electrons. The van der Waals surface area contributed by atoms with Gasteiger partial charge in [0.05, 0.1) is 12.7 Å². The number of hydrogen-bond acceptors (Lipinski definition) is 4. The van der Waals surface area contributed by atoms with Crippen molar-refractivity contribution < 1.29 is 9.53 Å². The Labute approximate surface area is 171 Å². The van der Waals surface area contributed by atoms with Crippen LogP contribution in [0.15, 0.2) is 42.6 Å². The monoisotopic (exact) mass is 409 g/mol. The van der Waals surface area contributed by atoms with Gasteiger partial charge in [0.1, 0.15) is 0 Å². The number of nitrogens with zero attached hydrogens (tertiary/aromatic N) is 1. The maximum Gasteiger partial charge on any atom is 0.253 e. The summed E-state index contributed by atoms with van der Waals surface area (Å²) in [5.41, 5.74) is 7.80. The van der Waals surface area contributed by atoms with Gasteiger partial charge in [-0.2, -0.15) is 0 Å². The van der Waals surface area contributed by atoms with Gasteiger partial charge in [0.25, 0.3) is 5.91 Å². The van der Waals surface area contributed by atoms with E-state index in [-0.39, 0.29) is 29.8 Å². The number of methoxy groups -OCH3 is 1. The van der Waals surface area contributed by atoms with Crippen molar-refractivity contribution in [2.45, 2.75) is 37.1 Å². The molecule has 0 radical (unpaired) electrons. The topological polar surface area (TPSA) is 77.2 Å². The molecule has 0 atom stereocenters.